The molecule has 0 bridgehead atoms. The number of anilines is 1. The summed E-state index contributed by atoms with van der Waals surface area (Å²) in [4.78, 5) is 16.8. The Balaban J connectivity index is 1.63. The molecular formula is C22H29N3O3. The van der Waals surface area contributed by atoms with E-state index < -0.39 is 5.60 Å². The molecule has 6 nitrogen and oxygen atoms in total. The number of nitrogens with one attached hydrogen (secondary N) is 1. The number of rotatable bonds is 5. The molecule has 28 heavy (non-hydrogen) atoms. The van der Waals surface area contributed by atoms with Crippen LogP contribution in [-0.2, 0) is 0 Å². The molecule has 0 aliphatic carbocycles. The minimum atomic E-state index is -0.744. The molecule has 2 amide bonds. The summed E-state index contributed by atoms with van der Waals surface area (Å²) in [6, 6.07) is 17.0. The zero-order valence-corrected chi connectivity index (χ0v) is 16.8. The molecule has 2 aromatic rings. The maximum Gasteiger partial charge on any atom is 0.322 e. The van der Waals surface area contributed by atoms with Crippen LogP contribution in [0.25, 0.3) is 0 Å². The van der Waals surface area contributed by atoms with Gasteiger partial charge in [0.1, 0.15) is 5.75 Å². The minimum Gasteiger partial charge on any atom is -0.455 e. The first kappa shape index (κ1) is 20.2. The molecule has 0 saturated carbocycles. The lowest BCUT2D eigenvalue weighted by Crippen LogP contribution is -2.57. The van der Waals surface area contributed by atoms with Gasteiger partial charge in [-0.2, -0.15) is 0 Å². The summed E-state index contributed by atoms with van der Waals surface area (Å²) in [5, 5.41) is 13.0. The van der Waals surface area contributed by atoms with E-state index >= 15 is 0 Å². The summed E-state index contributed by atoms with van der Waals surface area (Å²) in [7, 11) is 0. The average molecular weight is 383 g/mol. The molecule has 1 heterocycles. The average Bonchev–Trinajstić information content (AvgIpc) is 2.65. The molecule has 6 heteroatoms. The number of urea groups is 1. The number of ether oxygens (including phenoxy) is 1. The first-order valence-electron chi connectivity index (χ1n) is 9.66. The Kier molecular flexibility index (Phi) is 6.21. The quantitative estimate of drug-likeness (QED) is 0.825. The summed E-state index contributed by atoms with van der Waals surface area (Å²) in [6.07, 6.45) is 0. The summed E-state index contributed by atoms with van der Waals surface area (Å²) in [5.41, 5.74) is -0.102. The number of piperazine rings is 1. The Bertz CT molecular complexity index is 789. The smallest absolute Gasteiger partial charge is 0.322 e. The highest BCUT2D eigenvalue weighted by Crippen LogP contribution is 2.29. The maximum absolute atomic E-state index is 12.8. The largest absolute Gasteiger partial charge is 0.455 e. The second-order valence-electron chi connectivity index (χ2n) is 7.92. The van der Waals surface area contributed by atoms with Crippen LogP contribution in [0.5, 0.6) is 11.5 Å². The van der Waals surface area contributed by atoms with Gasteiger partial charge in [-0.25, -0.2) is 4.79 Å². The number of para-hydroxylation sites is 3. The lowest BCUT2D eigenvalue weighted by atomic mass is 10.1. The van der Waals surface area contributed by atoms with Gasteiger partial charge in [0.05, 0.1) is 11.3 Å². The van der Waals surface area contributed by atoms with E-state index in [0.29, 0.717) is 31.1 Å². The molecule has 1 fully saturated rings. The van der Waals surface area contributed by atoms with Gasteiger partial charge in [-0.15, -0.1) is 0 Å². The van der Waals surface area contributed by atoms with Crippen molar-refractivity contribution in [1.82, 2.24) is 9.80 Å². The van der Waals surface area contributed by atoms with Gasteiger partial charge < -0.3 is 20.1 Å². The molecule has 1 aliphatic rings. The second kappa shape index (κ2) is 8.63. The van der Waals surface area contributed by atoms with E-state index in [1.165, 1.54) is 0 Å². The third kappa shape index (κ3) is 5.47. The highest BCUT2D eigenvalue weighted by Gasteiger charge is 2.30. The van der Waals surface area contributed by atoms with Crippen molar-refractivity contribution in [1.29, 1.82) is 0 Å². The van der Waals surface area contributed by atoms with Gasteiger partial charge in [0, 0.05) is 32.2 Å². The highest BCUT2D eigenvalue weighted by atomic mass is 16.5. The van der Waals surface area contributed by atoms with Crippen molar-refractivity contribution in [3.63, 3.8) is 0 Å². The SMILES string of the molecule is CC1CN(C(=O)Nc2ccccc2Oc2ccccc2)CCN1CC(C)(C)O. The summed E-state index contributed by atoms with van der Waals surface area (Å²) < 4.78 is 5.92. The molecule has 1 unspecified atom stereocenters. The van der Waals surface area contributed by atoms with Crippen LogP contribution in [0.15, 0.2) is 54.6 Å². The first-order valence-corrected chi connectivity index (χ1v) is 9.66. The molecule has 1 saturated heterocycles. The van der Waals surface area contributed by atoms with Crippen molar-refractivity contribution in [3.8, 4) is 11.5 Å². The van der Waals surface area contributed by atoms with Crippen LogP contribution in [-0.4, -0.2) is 58.8 Å². The lowest BCUT2D eigenvalue weighted by Gasteiger charge is -2.41. The highest BCUT2D eigenvalue weighted by molar-refractivity contribution is 5.91. The minimum absolute atomic E-state index is 0.140. The number of hydrogen-bond donors (Lipinski definition) is 2. The molecule has 2 aromatic carbocycles. The summed E-state index contributed by atoms with van der Waals surface area (Å²) in [5.74, 6) is 1.33. The third-order valence-electron chi connectivity index (χ3n) is 4.74. The lowest BCUT2D eigenvalue weighted by molar-refractivity contribution is 0.00376. The van der Waals surface area contributed by atoms with Crippen molar-refractivity contribution in [2.75, 3.05) is 31.5 Å². The van der Waals surface area contributed by atoms with Gasteiger partial charge in [-0.1, -0.05) is 30.3 Å². The molecule has 0 spiro atoms. The van der Waals surface area contributed by atoms with E-state index in [-0.39, 0.29) is 12.1 Å². The van der Waals surface area contributed by atoms with Crippen LogP contribution in [0.3, 0.4) is 0 Å². The Morgan fingerprint density at radius 1 is 1.14 bits per heavy atom. The molecule has 0 aromatic heterocycles. The van der Waals surface area contributed by atoms with Crippen LogP contribution in [0.4, 0.5) is 10.5 Å². The summed E-state index contributed by atoms with van der Waals surface area (Å²) in [6.45, 7) is 8.26. The topological polar surface area (TPSA) is 65.0 Å². The fourth-order valence-electron chi connectivity index (χ4n) is 3.38. The zero-order chi connectivity index (χ0) is 20.1. The van der Waals surface area contributed by atoms with Crippen molar-refractivity contribution in [3.05, 3.63) is 54.6 Å². The van der Waals surface area contributed by atoms with Gasteiger partial charge in [-0.3, -0.25) is 4.90 Å². The van der Waals surface area contributed by atoms with Gasteiger partial charge in [0.25, 0.3) is 0 Å². The van der Waals surface area contributed by atoms with Crippen molar-refractivity contribution in [2.45, 2.75) is 32.4 Å². The Labute approximate surface area is 166 Å². The molecular weight excluding hydrogens is 354 g/mol. The van der Waals surface area contributed by atoms with E-state index in [1.54, 1.807) is 0 Å². The third-order valence-corrected chi connectivity index (χ3v) is 4.74. The number of nitrogens with zero attached hydrogens (tertiary/aromatic N) is 2. The number of benzene rings is 2. The second-order valence-corrected chi connectivity index (χ2v) is 7.92. The van der Waals surface area contributed by atoms with Gasteiger partial charge in [0.15, 0.2) is 5.75 Å². The normalized spacial score (nSPS) is 18.0. The Morgan fingerprint density at radius 3 is 2.50 bits per heavy atom. The predicted molar refractivity (Wildman–Crippen MR) is 111 cm³/mol. The van der Waals surface area contributed by atoms with Crippen LogP contribution in [0.2, 0.25) is 0 Å². The van der Waals surface area contributed by atoms with E-state index in [4.69, 9.17) is 4.74 Å². The number of β-amino-alcohol motifs (C(OH)–C–C–N with tert-alkyl or cyclic N) is 1. The number of hydrogen-bond acceptors (Lipinski definition) is 4. The van der Waals surface area contributed by atoms with Gasteiger partial charge in [0.2, 0.25) is 0 Å². The molecule has 1 aliphatic heterocycles. The Hall–Kier alpha value is -2.57. The van der Waals surface area contributed by atoms with E-state index in [9.17, 15) is 9.90 Å². The molecule has 0 radical (unpaired) electrons. The van der Waals surface area contributed by atoms with Crippen LogP contribution < -0.4 is 10.1 Å². The van der Waals surface area contributed by atoms with Crippen molar-refractivity contribution >= 4 is 11.7 Å². The van der Waals surface area contributed by atoms with E-state index in [0.717, 1.165) is 12.3 Å². The van der Waals surface area contributed by atoms with Crippen molar-refractivity contribution in [2.24, 2.45) is 0 Å². The van der Waals surface area contributed by atoms with Crippen LogP contribution >= 0.6 is 0 Å². The number of carbonyl (C=O) groups excluding carboxylic acids is 1. The fraction of sp³-hybridized carbons (Fsp3) is 0.409. The van der Waals surface area contributed by atoms with E-state index in [2.05, 4.69) is 17.1 Å². The van der Waals surface area contributed by atoms with Gasteiger partial charge >= 0.3 is 6.03 Å². The molecule has 3 rings (SSSR count). The van der Waals surface area contributed by atoms with E-state index in [1.807, 2.05) is 73.3 Å². The number of carbonyl (C=O) groups is 1. The standard InChI is InChI=1S/C22H29N3O3/c1-17-15-24(13-14-25(17)16-22(2,3)27)21(26)23-19-11-7-8-12-20(19)28-18-9-5-4-6-10-18/h4-12,17,27H,13-16H2,1-3H3,(H,23,26). The monoisotopic (exact) mass is 383 g/mol. The fourth-order valence-corrected chi connectivity index (χ4v) is 3.38. The molecule has 1 atom stereocenters. The Morgan fingerprint density at radius 2 is 1.82 bits per heavy atom. The van der Waals surface area contributed by atoms with Gasteiger partial charge in [-0.05, 0) is 45.0 Å². The van der Waals surface area contributed by atoms with Crippen LogP contribution in [0.1, 0.15) is 20.8 Å². The summed E-state index contributed by atoms with van der Waals surface area (Å²) >= 11 is 0. The molecule has 150 valence electrons. The number of aliphatic hydroxyl groups is 1. The maximum atomic E-state index is 12.8. The zero-order valence-electron chi connectivity index (χ0n) is 16.8. The molecule has 2 N–H and O–H groups in total. The van der Waals surface area contributed by atoms with Crippen LogP contribution in [0, 0.1) is 0 Å². The number of amides is 2. The predicted octanol–water partition coefficient (Wildman–Crippen LogP) is 3.79. The first-order chi connectivity index (χ1) is 13.3. The van der Waals surface area contributed by atoms with Crippen molar-refractivity contribution < 1.29 is 14.6 Å².